The van der Waals surface area contributed by atoms with Crippen LogP contribution in [0.1, 0.15) is 20.8 Å². The number of carbonyl (C=O) groups is 4. The molecule has 0 aromatic rings. The summed E-state index contributed by atoms with van der Waals surface area (Å²) in [5, 5.41) is 9.84. The van der Waals surface area contributed by atoms with Gasteiger partial charge in [0.1, 0.15) is 6.61 Å². The Labute approximate surface area is 119 Å². The van der Waals surface area contributed by atoms with Crippen molar-refractivity contribution in [2.24, 2.45) is 0 Å². The third-order valence-electron chi connectivity index (χ3n) is 2.27. The van der Waals surface area contributed by atoms with Gasteiger partial charge in [0, 0.05) is 20.8 Å². The Morgan fingerprint density at radius 3 is 2.29 bits per heavy atom. The van der Waals surface area contributed by atoms with Crippen LogP contribution in [0.5, 0.6) is 0 Å². The topological polar surface area (TPSA) is 125 Å². The van der Waals surface area contributed by atoms with Gasteiger partial charge >= 0.3 is 23.9 Å². The van der Waals surface area contributed by atoms with Crippen molar-refractivity contribution in [1.82, 2.24) is 0 Å². The molecular formula is C12H14O9. The summed E-state index contributed by atoms with van der Waals surface area (Å²) in [6.07, 6.45) is -2.68. The minimum atomic E-state index is -1.42. The van der Waals surface area contributed by atoms with Gasteiger partial charge in [-0.15, -0.1) is 0 Å². The lowest BCUT2D eigenvalue weighted by Crippen LogP contribution is -2.37. The zero-order chi connectivity index (χ0) is 16.2. The number of hydrogen-bond acceptors (Lipinski definition) is 9. The molecule has 2 atom stereocenters. The Bertz CT molecular complexity index is 505. The highest BCUT2D eigenvalue weighted by molar-refractivity contribution is 5.92. The summed E-state index contributed by atoms with van der Waals surface area (Å²) in [4.78, 5) is 44.1. The molecule has 0 aromatic heterocycles. The second-order valence-electron chi connectivity index (χ2n) is 4.08. The van der Waals surface area contributed by atoms with E-state index < -0.39 is 54.2 Å². The summed E-state index contributed by atoms with van der Waals surface area (Å²) in [6, 6.07) is 0. The number of aliphatic hydroxyl groups is 1. The van der Waals surface area contributed by atoms with Crippen LogP contribution >= 0.6 is 0 Å². The van der Waals surface area contributed by atoms with Crippen LogP contribution in [-0.2, 0) is 38.1 Å². The van der Waals surface area contributed by atoms with Gasteiger partial charge in [-0.3, -0.25) is 14.4 Å². The fourth-order valence-electron chi connectivity index (χ4n) is 1.54. The Balaban J connectivity index is 2.94. The van der Waals surface area contributed by atoms with E-state index in [1.54, 1.807) is 0 Å². The van der Waals surface area contributed by atoms with Crippen LogP contribution in [0.15, 0.2) is 11.5 Å². The first kappa shape index (κ1) is 16.5. The summed E-state index contributed by atoms with van der Waals surface area (Å²) < 4.78 is 18.8. The predicted octanol–water partition coefficient (Wildman–Crippen LogP) is -0.261. The normalized spacial score (nSPS) is 18.8. The first-order chi connectivity index (χ1) is 9.72. The van der Waals surface area contributed by atoms with Crippen LogP contribution in [0.3, 0.4) is 0 Å². The molecule has 21 heavy (non-hydrogen) atoms. The summed E-state index contributed by atoms with van der Waals surface area (Å²) in [6.45, 7) is 2.81. The van der Waals surface area contributed by atoms with Crippen molar-refractivity contribution in [3.05, 3.63) is 11.5 Å². The molecule has 9 nitrogen and oxygen atoms in total. The van der Waals surface area contributed by atoms with Gasteiger partial charge in [-0.25, -0.2) is 4.79 Å². The van der Waals surface area contributed by atoms with E-state index in [9.17, 15) is 24.3 Å². The van der Waals surface area contributed by atoms with Gasteiger partial charge in [-0.1, -0.05) is 0 Å². The van der Waals surface area contributed by atoms with Gasteiger partial charge in [0.25, 0.3) is 5.76 Å². The average Bonchev–Trinajstić information content (AvgIpc) is 2.61. The minimum absolute atomic E-state index is 0.440. The van der Waals surface area contributed by atoms with E-state index in [2.05, 4.69) is 9.47 Å². The minimum Gasteiger partial charge on any atom is -0.505 e. The molecule has 1 aliphatic heterocycles. The number of hydrogen-bond donors (Lipinski definition) is 1. The maximum absolute atomic E-state index is 11.5. The highest BCUT2D eigenvalue weighted by atomic mass is 16.6. The molecule has 0 amide bonds. The number of cyclic esters (lactones) is 1. The lowest BCUT2D eigenvalue weighted by molar-refractivity contribution is -0.169. The molecule has 0 saturated heterocycles. The maximum Gasteiger partial charge on any atom is 0.379 e. The smallest absolute Gasteiger partial charge is 0.379 e. The first-order valence-electron chi connectivity index (χ1n) is 5.85. The van der Waals surface area contributed by atoms with Crippen molar-refractivity contribution in [2.45, 2.75) is 33.0 Å². The van der Waals surface area contributed by atoms with E-state index in [1.807, 2.05) is 0 Å². The largest absolute Gasteiger partial charge is 0.505 e. The standard InChI is InChI=1S/C12H14O9/c1-5(13)18-4-8(19-6(2)14)10-9(16)11(12(17)21-10)20-7(3)15/h8,10,16H,4H2,1-3H3/t8-,10+/m0/s1. The summed E-state index contributed by atoms with van der Waals surface area (Å²) in [5.74, 6) is -4.72. The van der Waals surface area contributed by atoms with Crippen molar-refractivity contribution in [1.29, 1.82) is 0 Å². The Kier molecular flexibility index (Phi) is 5.28. The van der Waals surface area contributed by atoms with Crippen molar-refractivity contribution >= 4 is 23.9 Å². The van der Waals surface area contributed by atoms with Crippen molar-refractivity contribution in [3.8, 4) is 0 Å². The summed E-state index contributed by atoms with van der Waals surface area (Å²) >= 11 is 0. The molecule has 0 spiro atoms. The molecule has 0 aromatic carbocycles. The molecule has 116 valence electrons. The molecule has 1 aliphatic rings. The molecule has 0 fully saturated rings. The molecular weight excluding hydrogens is 288 g/mol. The van der Waals surface area contributed by atoms with Crippen LogP contribution < -0.4 is 0 Å². The van der Waals surface area contributed by atoms with E-state index in [0.717, 1.165) is 20.8 Å². The van der Waals surface area contributed by atoms with Crippen LogP contribution in [0, 0.1) is 0 Å². The molecule has 1 heterocycles. The predicted molar refractivity (Wildman–Crippen MR) is 63.5 cm³/mol. The van der Waals surface area contributed by atoms with Gasteiger partial charge in [0.15, 0.2) is 11.9 Å². The quantitative estimate of drug-likeness (QED) is 0.539. The Morgan fingerprint density at radius 2 is 1.81 bits per heavy atom. The molecule has 0 radical (unpaired) electrons. The van der Waals surface area contributed by atoms with Gasteiger partial charge in [-0.2, -0.15) is 0 Å². The van der Waals surface area contributed by atoms with E-state index in [-0.39, 0.29) is 0 Å². The van der Waals surface area contributed by atoms with Crippen molar-refractivity contribution in [3.63, 3.8) is 0 Å². The van der Waals surface area contributed by atoms with Crippen LogP contribution in [0.2, 0.25) is 0 Å². The Hall–Kier alpha value is -2.58. The number of esters is 4. The first-order valence-corrected chi connectivity index (χ1v) is 5.85. The zero-order valence-electron chi connectivity index (χ0n) is 11.6. The van der Waals surface area contributed by atoms with Crippen LogP contribution in [0.4, 0.5) is 0 Å². The second-order valence-corrected chi connectivity index (χ2v) is 4.08. The van der Waals surface area contributed by atoms with E-state index in [1.165, 1.54) is 0 Å². The van der Waals surface area contributed by atoms with E-state index in [4.69, 9.17) is 9.47 Å². The average molecular weight is 302 g/mol. The van der Waals surface area contributed by atoms with E-state index >= 15 is 0 Å². The van der Waals surface area contributed by atoms with Crippen molar-refractivity contribution in [2.75, 3.05) is 6.61 Å². The molecule has 1 rings (SSSR count). The van der Waals surface area contributed by atoms with Crippen molar-refractivity contribution < 1.29 is 43.2 Å². The third-order valence-corrected chi connectivity index (χ3v) is 2.27. The zero-order valence-corrected chi connectivity index (χ0v) is 11.6. The third kappa shape index (κ3) is 4.48. The number of carbonyl (C=O) groups excluding carboxylic acids is 4. The Morgan fingerprint density at radius 1 is 1.19 bits per heavy atom. The molecule has 0 saturated carbocycles. The van der Waals surface area contributed by atoms with Gasteiger partial charge in [0.2, 0.25) is 6.10 Å². The number of rotatable bonds is 5. The lowest BCUT2D eigenvalue weighted by atomic mass is 10.2. The molecule has 9 heteroatoms. The van der Waals surface area contributed by atoms with Gasteiger partial charge in [-0.05, 0) is 0 Å². The molecule has 0 aliphatic carbocycles. The SMILES string of the molecule is CC(=O)OC[C@H](OC(C)=O)[C@H]1OC(=O)C(OC(C)=O)=C1O. The number of aliphatic hydroxyl groups excluding tert-OH is 1. The highest BCUT2D eigenvalue weighted by Gasteiger charge is 2.43. The second kappa shape index (κ2) is 6.73. The van der Waals surface area contributed by atoms with E-state index in [0.29, 0.717) is 0 Å². The van der Waals surface area contributed by atoms with Gasteiger partial charge < -0.3 is 24.1 Å². The van der Waals surface area contributed by atoms with Crippen LogP contribution in [0.25, 0.3) is 0 Å². The highest BCUT2D eigenvalue weighted by Crippen LogP contribution is 2.26. The fourth-order valence-corrected chi connectivity index (χ4v) is 1.54. The van der Waals surface area contributed by atoms with Crippen LogP contribution in [-0.4, -0.2) is 47.8 Å². The molecule has 0 unspecified atom stereocenters. The maximum atomic E-state index is 11.5. The summed E-state index contributed by atoms with van der Waals surface area (Å²) in [7, 11) is 0. The summed E-state index contributed by atoms with van der Waals surface area (Å²) in [5.41, 5.74) is 0. The lowest BCUT2D eigenvalue weighted by Gasteiger charge is -2.21. The molecule has 1 N–H and O–H groups in total. The number of ether oxygens (including phenoxy) is 4. The van der Waals surface area contributed by atoms with Gasteiger partial charge in [0.05, 0.1) is 0 Å². The monoisotopic (exact) mass is 302 g/mol. The molecule has 0 bridgehead atoms. The fraction of sp³-hybridized carbons (Fsp3) is 0.500.